The van der Waals surface area contributed by atoms with Gasteiger partial charge in [-0.3, -0.25) is 0 Å². The summed E-state index contributed by atoms with van der Waals surface area (Å²) in [5.74, 6) is -1.59. The average molecular weight is 514 g/mol. The summed E-state index contributed by atoms with van der Waals surface area (Å²) in [6, 6.07) is 11.4. The zero-order chi connectivity index (χ0) is 26.7. The number of aryl methyl sites for hydroxylation is 1. The summed E-state index contributed by atoms with van der Waals surface area (Å²) in [6.45, 7) is 2.10. The molecule has 0 N–H and O–H groups in total. The van der Waals surface area contributed by atoms with Gasteiger partial charge in [0.25, 0.3) is 0 Å². The van der Waals surface area contributed by atoms with E-state index in [0.29, 0.717) is 10.9 Å². The molecule has 4 aromatic carbocycles. The summed E-state index contributed by atoms with van der Waals surface area (Å²) in [7, 11) is 0. The molecule has 0 aliphatic carbocycles. The monoisotopic (exact) mass is 514 g/mol. The topological polar surface area (TPSA) is 0 Å². The number of benzene rings is 4. The highest BCUT2D eigenvalue weighted by Crippen LogP contribution is 2.29. The second-order valence-corrected chi connectivity index (χ2v) is 8.71. The summed E-state index contributed by atoms with van der Waals surface area (Å²) in [5, 5.41) is 0.658. The lowest BCUT2D eigenvalue weighted by atomic mass is 9.99. The van der Waals surface area contributed by atoms with Gasteiger partial charge in [0.2, 0.25) is 0 Å². The summed E-state index contributed by atoms with van der Waals surface area (Å²) in [5.41, 5.74) is 0.139. The maximum absolute atomic E-state index is 15.1. The number of hydrogen-bond acceptors (Lipinski definition) is 0. The van der Waals surface area contributed by atoms with Crippen LogP contribution in [0.1, 0.15) is 48.4 Å². The average Bonchev–Trinajstić information content (AvgIpc) is 2.83. The standard InChI is InChI=1S/C30H21F7/c1-2-3-4-5-18-6-9-22-20(14-18)16-26(31)24(28(22)33)11-8-19-7-10-23-21(15-19)17-27(32)25(29(23)34)12-13-30(35,36)37/h6-11,14-17H,2-5H2,1H3/b11-8+. The van der Waals surface area contributed by atoms with Crippen LogP contribution in [0.2, 0.25) is 0 Å². The van der Waals surface area contributed by atoms with Gasteiger partial charge in [-0.15, -0.1) is 0 Å². The minimum atomic E-state index is -4.90. The van der Waals surface area contributed by atoms with E-state index >= 15 is 4.39 Å². The first-order valence-electron chi connectivity index (χ1n) is 11.7. The minimum absolute atomic E-state index is 0.0600. The zero-order valence-electron chi connectivity index (χ0n) is 19.7. The fourth-order valence-electron chi connectivity index (χ4n) is 4.16. The van der Waals surface area contributed by atoms with Gasteiger partial charge in [0.1, 0.15) is 23.3 Å². The van der Waals surface area contributed by atoms with Gasteiger partial charge < -0.3 is 0 Å². The molecular formula is C30H21F7. The molecule has 0 nitrogen and oxygen atoms in total. The molecule has 0 bridgehead atoms. The van der Waals surface area contributed by atoms with Crippen LogP contribution in [0.15, 0.2) is 48.5 Å². The third-order valence-electron chi connectivity index (χ3n) is 6.02. The molecule has 0 fully saturated rings. The molecule has 0 spiro atoms. The molecule has 7 heteroatoms. The van der Waals surface area contributed by atoms with E-state index in [1.807, 2.05) is 6.07 Å². The fourth-order valence-corrected chi connectivity index (χ4v) is 4.16. The van der Waals surface area contributed by atoms with Crippen molar-refractivity contribution in [2.75, 3.05) is 0 Å². The lowest BCUT2D eigenvalue weighted by Crippen LogP contribution is -2.02. The van der Waals surface area contributed by atoms with Crippen molar-refractivity contribution in [1.82, 2.24) is 0 Å². The van der Waals surface area contributed by atoms with Crippen molar-refractivity contribution in [3.63, 3.8) is 0 Å². The molecular weight excluding hydrogens is 493 g/mol. The molecule has 0 aromatic heterocycles. The lowest BCUT2D eigenvalue weighted by molar-refractivity contribution is -0.0696. The number of unbranched alkanes of at least 4 members (excludes halogenated alkanes) is 2. The number of rotatable bonds is 6. The Labute approximate surface area is 209 Å². The Bertz CT molecular complexity index is 1570. The van der Waals surface area contributed by atoms with Crippen LogP contribution >= 0.6 is 0 Å². The Hall–Kier alpha value is -3.79. The van der Waals surface area contributed by atoms with E-state index in [-0.39, 0.29) is 21.7 Å². The maximum atomic E-state index is 15.1. The normalized spacial score (nSPS) is 11.9. The van der Waals surface area contributed by atoms with E-state index in [9.17, 15) is 26.3 Å². The predicted octanol–water partition coefficient (Wildman–Crippen LogP) is 9.37. The first-order valence-corrected chi connectivity index (χ1v) is 11.7. The van der Waals surface area contributed by atoms with E-state index in [1.54, 1.807) is 12.1 Å². The first kappa shape index (κ1) is 26.3. The van der Waals surface area contributed by atoms with Crippen LogP contribution in [0.3, 0.4) is 0 Å². The molecule has 4 rings (SSSR count). The molecule has 4 aromatic rings. The molecule has 0 radical (unpaired) electrons. The second-order valence-electron chi connectivity index (χ2n) is 8.71. The second kappa shape index (κ2) is 10.7. The Morgan fingerprint density at radius 1 is 0.757 bits per heavy atom. The summed E-state index contributed by atoms with van der Waals surface area (Å²) in [4.78, 5) is 0. The highest BCUT2D eigenvalue weighted by Gasteiger charge is 2.24. The summed E-state index contributed by atoms with van der Waals surface area (Å²) < 4.78 is 95.9. The number of halogens is 7. The molecule has 0 heterocycles. The maximum Gasteiger partial charge on any atom is 0.458 e. The van der Waals surface area contributed by atoms with Crippen LogP contribution in [0, 0.1) is 35.1 Å². The minimum Gasteiger partial charge on any atom is -0.206 e. The van der Waals surface area contributed by atoms with Gasteiger partial charge in [-0.2, -0.15) is 13.2 Å². The summed E-state index contributed by atoms with van der Waals surface area (Å²) in [6.07, 6.45) is 1.70. The third kappa shape index (κ3) is 5.96. The smallest absolute Gasteiger partial charge is 0.206 e. The van der Waals surface area contributed by atoms with Gasteiger partial charge in [-0.25, -0.2) is 17.6 Å². The largest absolute Gasteiger partial charge is 0.458 e. The van der Waals surface area contributed by atoms with Gasteiger partial charge in [0, 0.05) is 22.3 Å². The third-order valence-corrected chi connectivity index (χ3v) is 6.02. The molecule has 0 saturated heterocycles. The van der Waals surface area contributed by atoms with Crippen LogP contribution in [-0.4, -0.2) is 6.18 Å². The van der Waals surface area contributed by atoms with Crippen molar-refractivity contribution in [3.8, 4) is 11.8 Å². The van der Waals surface area contributed by atoms with Gasteiger partial charge >= 0.3 is 6.18 Å². The SMILES string of the molecule is CCCCCc1ccc2c(F)c(/C=C/c3ccc4c(F)c(C#CC(F)(F)F)c(F)cc4c3)c(F)cc2c1. The molecule has 0 saturated carbocycles. The molecule has 0 amide bonds. The van der Waals surface area contributed by atoms with Gasteiger partial charge in [0.05, 0.1) is 5.56 Å². The molecule has 0 unspecified atom stereocenters. The van der Waals surface area contributed by atoms with Gasteiger partial charge in [-0.05, 0) is 59.0 Å². The van der Waals surface area contributed by atoms with Crippen LogP contribution in [0.5, 0.6) is 0 Å². The molecule has 0 atom stereocenters. The zero-order valence-corrected chi connectivity index (χ0v) is 19.7. The molecule has 0 aliphatic rings. The van der Waals surface area contributed by atoms with Crippen molar-refractivity contribution in [2.45, 2.75) is 38.8 Å². The van der Waals surface area contributed by atoms with Crippen molar-refractivity contribution >= 4 is 33.7 Å². The van der Waals surface area contributed by atoms with Crippen LogP contribution in [-0.2, 0) is 6.42 Å². The number of hydrogen-bond donors (Lipinski definition) is 0. The molecule has 37 heavy (non-hydrogen) atoms. The van der Waals surface area contributed by atoms with Crippen LogP contribution < -0.4 is 0 Å². The Balaban J connectivity index is 1.66. The van der Waals surface area contributed by atoms with E-state index in [2.05, 4.69) is 6.92 Å². The van der Waals surface area contributed by atoms with Crippen LogP contribution in [0.4, 0.5) is 30.7 Å². The van der Waals surface area contributed by atoms with Crippen molar-refractivity contribution in [3.05, 3.63) is 94.1 Å². The van der Waals surface area contributed by atoms with Crippen molar-refractivity contribution < 1.29 is 30.7 Å². The van der Waals surface area contributed by atoms with Gasteiger partial charge in [0.15, 0.2) is 0 Å². The van der Waals surface area contributed by atoms with Crippen LogP contribution in [0.25, 0.3) is 33.7 Å². The Morgan fingerprint density at radius 3 is 2.16 bits per heavy atom. The quantitative estimate of drug-likeness (QED) is 0.104. The molecule has 0 aliphatic heterocycles. The van der Waals surface area contributed by atoms with E-state index < -0.39 is 35.0 Å². The van der Waals surface area contributed by atoms with Gasteiger partial charge in [-0.1, -0.05) is 62.1 Å². The van der Waals surface area contributed by atoms with E-state index in [4.69, 9.17) is 0 Å². The first-order chi connectivity index (χ1) is 17.6. The fraction of sp³-hybridized carbons (Fsp3) is 0.200. The Kier molecular flexibility index (Phi) is 7.58. The van der Waals surface area contributed by atoms with E-state index in [0.717, 1.165) is 43.2 Å². The van der Waals surface area contributed by atoms with Crippen molar-refractivity contribution in [1.29, 1.82) is 0 Å². The van der Waals surface area contributed by atoms with Crippen molar-refractivity contribution in [2.24, 2.45) is 0 Å². The Morgan fingerprint density at radius 2 is 1.43 bits per heavy atom. The highest BCUT2D eigenvalue weighted by atomic mass is 19.4. The lowest BCUT2D eigenvalue weighted by Gasteiger charge is -2.08. The predicted molar refractivity (Wildman–Crippen MR) is 133 cm³/mol. The molecule has 190 valence electrons. The van der Waals surface area contributed by atoms with E-state index in [1.165, 1.54) is 42.3 Å². The summed E-state index contributed by atoms with van der Waals surface area (Å²) >= 11 is 0. The number of alkyl halides is 3. The number of fused-ring (bicyclic) bond motifs is 2. The highest BCUT2D eigenvalue weighted by molar-refractivity contribution is 5.90.